The standard InChI is InChI=1S/C20H28N4O6/c1-5-6-8-23(15(25)11-30-19(27)14-7-9-29-13(14)4)16-17(21)24(10-12(2)3)20(28)22-18(16)26/h7,9,12H,5-6,8,10-11,21H2,1-4H3,(H,22,26,28). The van der Waals surface area contributed by atoms with Crippen LogP contribution >= 0.6 is 0 Å². The minimum atomic E-state index is -0.765. The molecule has 2 aromatic heterocycles. The summed E-state index contributed by atoms with van der Waals surface area (Å²) in [6.07, 6.45) is 2.68. The van der Waals surface area contributed by atoms with Gasteiger partial charge in [0.05, 0.1) is 6.26 Å². The first-order valence-electron chi connectivity index (χ1n) is 9.81. The molecule has 0 bridgehead atoms. The first-order chi connectivity index (χ1) is 14.2. The van der Waals surface area contributed by atoms with Gasteiger partial charge in [-0.25, -0.2) is 9.59 Å². The molecule has 0 aromatic carbocycles. The second-order valence-corrected chi connectivity index (χ2v) is 7.36. The van der Waals surface area contributed by atoms with Gasteiger partial charge in [-0.2, -0.15) is 0 Å². The number of aryl methyl sites for hydroxylation is 1. The zero-order valence-corrected chi connectivity index (χ0v) is 17.7. The number of hydrogen-bond donors (Lipinski definition) is 2. The largest absolute Gasteiger partial charge is 0.469 e. The lowest BCUT2D eigenvalue weighted by Crippen LogP contribution is -2.43. The average molecular weight is 420 g/mol. The summed E-state index contributed by atoms with van der Waals surface area (Å²) in [5, 5.41) is 0. The maximum Gasteiger partial charge on any atom is 0.342 e. The molecule has 1 amide bonds. The molecular formula is C20H28N4O6. The smallest absolute Gasteiger partial charge is 0.342 e. The summed E-state index contributed by atoms with van der Waals surface area (Å²) in [5.74, 6) is -0.972. The molecule has 0 aliphatic heterocycles. The Balaban J connectivity index is 2.34. The third kappa shape index (κ3) is 5.19. The van der Waals surface area contributed by atoms with Crippen molar-refractivity contribution in [2.75, 3.05) is 23.8 Å². The molecule has 2 rings (SSSR count). The van der Waals surface area contributed by atoms with Crippen molar-refractivity contribution in [2.24, 2.45) is 5.92 Å². The van der Waals surface area contributed by atoms with Crippen LogP contribution in [-0.2, 0) is 16.1 Å². The minimum Gasteiger partial charge on any atom is -0.469 e. The highest BCUT2D eigenvalue weighted by Crippen LogP contribution is 2.19. The number of esters is 1. The normalized spacial score (nSPS) is 11.0. The van der Waals surface area contributed by atoms with E-state index in [1.807, 2.05) is 20.8 Å². The molecule has 0 spiro atoms. The monoisotopic (exact) mass is 420 g/mol. The second-order valence-electron chi connectivity index (χ2n) is 7.36. The second kappa shape index (κ2) is 9.95. The highest BCUT2D eigenvalue weighted by Gasteiger charge is 2.25. The minimum absolute atomic E-state index is 0.0858. The van der Waals surface area contributed by atoms with E-state index in [2.05, 4.69) is 4.98 Å². The van der Waals surface area contributed by atoms with Crippen LogP contribution in [0, 0.1) is 12.8 Å². The Hall–Kier alpha value is -3.30. The highest BCUT2D eigenvalue weighted by molar-refractivity contribution is 5.98. The van der Waals surface area contributed by atoms with Crippen molar-refractivity contribution in [1.82, 2.24) is 9.55 Å². The fourth-order valence-corrected chi connectivity index (χ4v) is 2.94. The molecule has 0 unspecified atom stereocenters. The number of nitrogens with zero attached hydrogens (tertiary/aromatic N) is 2. The van der Waals surface area contributed by atoms with Gasteiger partial charge in [0.1, 0.15) is 17.1 Å². The Morgan fingerprint density at radius 3 is 2.60 bits per heavy atom. The lowest BCUT2D eigenvalue weighted by Gasteiger charge is -2.24. The van der Waals surface area contributed by atoms with Gasteiger partial charge in [0.15, 0.2) is 12.3 Å². The van der Waals surface area contributed by atoms with E-state index < -0.39 is 29.7 Å². The van der Waals surface area contributed by atoms with Crippen LogP contribution < -0.4 is 21.9 Å². The predicted molar refractivity (Wildman–Crippen MR) is 112 cm³/mol. The van der Waals surface area contributed by atoms with Gasteiger partial charge < -0.3 is 19.8 Å². The zero-order valence-electron chi connectivity index (χ0n) is 17.7. The number of nitrogens with two attached hydrogens (primary N) is 1. The van der Waals surface area contributed by atoms with Crippen molar-refractivity contribution in [1.29, 1.82) is 0 Å². The van der Waals surface area contributed by atoms with E-state index in [0.29, 0.717) is 12.2 Å². The number of amides is 1. The summed E-state index contributed by atoms with van der Waals surface area (Å²) < 4.78 is 11.4. The van der Waals surface area contributed by atoms with Crippen molar-refractivity contribution >= 4 is 23.4 Å². The Kier molecular flexibility index (Phi) is 7.62. The van der Waals surface area contributed by atoms with Crippen LogP contribution in [0.15, 0.2) is 26.3 Å². The van der Waals surface area contributed by atoms with Gasteiger partial charge in [-0.15, -0.1) is 0 Å². The molecule has 30 heavy (non-hydrogen) atoms. The van der Waals surface area contributed by atoms with Crippen LogP contribution in [0.1, 0.15) is 49.7 Å². The number of aromatic nitrogens is 2. The maximum absolute atomic E-state index is 12.9. The first-order valence-corrected chi connectivity index (χ1v) is 9.81. The quantitative estimate of drug-likeness (QED) is 0.588. The molecule has 2 heterocycles. The van der Waals surface area contributed by atoms with E-state index in [0.717, 1.165) is 6.42 Å². The number of nitrogens with one attached hydrogen (secondary N) is 1. The Labute approximate surface area is 173 Å². The van der Waals surface area contributed by atoms with E-state index in [9.17, 15) is 19.2 Å². The Morgan fingerprint density at radius 1 is 1.33 bits per heavy atom. The van der Waals surface area contributed by atoms with Gasteiger partial charge in [0.25, 0.3) is 11.5 Å². The highest BCUT2D eigenvalue weighted by atomic mass is 16.5. The molecule has 0 aliphatic rings. The molecule has 0 atom stereocenters. The van der Waals surface area contributed by atoms with Crippen molar-refractivity contribution in [3.8, 4) is 0 Å². The van der Waals surface area contributed by atoms with E-state index in [1.54, 1.807) is 6.92 Å². The van der Waals surface area contributed by atoms with E-state index in [-0.39, 0.29) is 36.1 Å². The van der Waals surface area contributed by atoms with Gasteiger partial charge >= 0.3 is 11.7 Å². The molecule has 0 aliphatic carbocycles. The van der Waals surface area contributed by atoms with Crippen molar-refractivity contribution < 1.29 is 18.7 Å². The van der Waals surface area contributed by atoms with Crippen LogP contribution in [0.3, 0.4) is 0 Å². The molecule has 10 heteroatoms. The topological polar surface area (TPSA) is 141 Å². The summed E-state index contributed by atoms with van der Waals surface area (Å²) in [6.45, 7) is 7.20. The molecule has 3 N–H and O–H groups in total. The molecule has 0 radical (unpaired) electrons. The van der Waals surface area contributed by atoms with Crippen LogP contribution in [0.2, 0.25) is 0 Å². The molecule has 2 aromatic rings. The molecule has 0 saturated heterocycles. The van der Waals surface area contributed by atoms with Gasteiger partial charge in [-0.1, -0.05) is 27.2 Å². The van der Waals surface area contributed by atoms with Crippen LogP contribution in [0.5, 0.6) is 0 Å². The maximum atomic E-state index is 12.9. The number of rotatable bonds is 9. The third-order valence-electron chi connectivity index (χ3n) is 4.47. The molecule has 164 valence electrons. The van der Waals surface area contributed by atoms with Crippen molar-refractivity contribution in [3.63, 3.8) is 0 Å². The molecule has 0 fully saturated rings. The lowest BCUT2D eigenvalue weighted by molar-refractivity contribution is -0.121. The predicted octanol–water partition coefficient (Wildman–Crippen LogP) is 1.67. The van der Waals surface area contributed by atoms with Gasteiger partial charge in [0.2, 0.25) is 0 Å². The van der Waals surface area contributed by atoms with Crippen LogP contribution in [0.25, 0.3) is 0 Å². The molecule has 0 saturated carbocycles. The lowest BCUT2D eigenvalue weighted by atomic mass is 10.2. The van der Waals surface area contributed by atoms with Gasteiger partial charge in [-0.05, 0) is 25.3 Å². The van der Waals surface area contributed by atoms with Crippen molar-refractivity contribution in [2.45, 2.75) is 47.1 Å². The van der Waals surface area contributed by atoms with Gasteiger partial charge in [0, 0.05) is 13.1 Å². The molecule has 10 nitrogen and oxygen atoms in total. The van der Waals surface area contributed by atoms with E-state index in [1.165, 1.54) is 21.8 Å². The number of nitrogen functional groups attached to an aromatic ring is 1. The number of anilines is 2. The van der Waals surface area contributed by atoms with Crippen molar-refractivity contribution in [3.05, 3.63) is 44.5 Å². The summed E-state index contributed by atoms with van der Waals surface area (Å²) >= 11 is 0. The first kappa shape index (κ1) is 23.0. The Morgan fingerprint density at radius 2 is 2.03 bits per heavy atom. The fraction of sp³-hybridized carbons (Fsp3) is 0.500. The fourth-order valence-electron chi connectivity index (χ4n) is 2.94. The van der Waals surface area contributed by atoms with E-state index in [4.69, 9.17) is 14.9 Å². The number of ether oxygens (including phenoxy) is 1. The molecular weight excluding hydrogens is 392 g/mol. The summed E-state index contributed by atoms with van der Waals surface area (Å²) in [5.41, 5.74) is 4.81. The number of carbonyl (C=O) groups excluding carboxylic acids is 2. The number of unbranched alkanes of at least 4 members (excludes halogenated alkanes) is 1. The zero-order chi connectivity index (χ0) is 22.4. The SMILES string of the molecule is CCCCN(C(=O)COC(=O)c1ccoc1C)c1c(N)n(CC(C)C)c(=O)[nH]c1=O. The summed E-state index contributed by atoms with van der Waals surface area (Å²) in [4.78, 5) is 53.1. The third-order valence-corrected chi connectivity index (χ3v) is 4.47. The van der Waals surface area contributed by atoms with E-state index >= 15 is 0 Å². The van der Waals surface area contributed by atoms with Crippen LogP contribution in [-0.4, -0.2) is 34.6 Å². The van der Waals surface area contributed by atoms with Crippen LogP contribution in [0.4, 0.5) is 11.5 Å². The number of hydrogen-bond acceptors (Lipinski definition) is 7. The summed E-state index contributed by atoms with van der Waals surface area (Å²) in [7, 11) is 0. The van der Waals surface area contributed by atoms with Gasteiger partial charge in [-0.3, -0.25) is 19.1 Å². The number of furan rings is 1. The number of aromatic amines is 1. The average Bonchev–Trinajstić information content (AvgIpc) is 3.11. The number of H-pyrrole nitrogens is 1. The number of carbonyl (C=O) groups is 2. The summed E-state index contributed by atoms with van der Waals surface area (Å²) in [6, 6.07) is 1.45. The Bertz CT molecular complexity index is 1020.